The first-order valence-electron chi connectivity index (χ1n) is 8.10. The first-order chi connectivity index (χ1) is 10.1. The van der Waals surface area contributed by atoms with E-state index >= 15 is 0 Å². The normalized spacial score (nSPS) is 13.7. The second-order valence-electron chi connectivity index (χ2n) is 5.50. The summed E-state index contributed by atoms with van der Waals surface area (Å²) in [7, 11) is 2.06. The number of nitrogens with zero attached hydrogens (tertiary/aromatic N) is 2. The molecular formula is C17H30ClN3. The van der Waals surface area contributed by atoms with Crippen LogP contribution in [0.3, 0.4) is 0 Å². The number of rotatable bonds is 9. The molecule has 0 amide bonds. The molecular weight excluding hydrogens is 282 g/mol. The molecule has 1 aromatic rings. The highest BCUT2D eigenvalue weighted by atomic mass is 35.5. The van der Waals surface area contributed by atoms with Gasteiger partial charge in [-0.25, -0.2) is 0 Å². The lowest BCUT2D eigenvalue weighted by Gasteiger charge is -2.48. The van der Waals surface area contributed by atoms with E-state index in [-0.39, 0.29) is 5.54 Å². The Hall–Kier alpha value is -0.640. The molecule has 1 atom stereocenters. The second-order valence-corrected chi connectivity index (χ2v) is 5.90. The van der Waals surface area contributed by atoms with Crippen LogP contribution in [0.25, 0.3) is 0 Å². The Bertz CT molecular complexity index is 414. The van der Waals surface area contributed by atoms with Gasteiger partial charge < -0.3 is 5.32 Å². The first kappa shape index (κ1) is 18.4. The van der Waals surface area contributed by atoms with Gasteiger partial charge in [-0.05, 0) is 51.0 Å². The largest absolute Gasteiger partial charge is 0.315 e. The highest BCUT2D eigenvalue weighted by Gasteiger charge is 2.39. The van der Waals surface area contributed by atoms with Gasteiger partial charge in [0.1, 0.15) is 0 Å². The third-order valence-corrected chi connectivity index (χ3v) is 5.24. The summed E-state index contributed by atoms with van der Waals surface area (Å²) in [5.74, 6) is 0. The number of nitrogens with one attached hydrogen (secondary N) is 1. The highest BCUT2D eigenvalue weighted by Crippen LogP contribution is 2.31. The number of aromatic nitrogens is 1. The van der Waals surface area contributed by atoms with Crippen molar-refractivity contribution >= 4 is 11.6 Å². The minimum Gasteiger partial charge on any atom is -0.315 e. The minimum absolute atomic E-state index is 0.158. The second kappa shape index (κ2) is 8.72. The molecule has 120 valence electrons. The number of hydrogen-bond acceptors (Lipinski definition) is 3. The van der Waals surface area contributed by atoms with Crippen LogP contribution in [0.2, 0.25) is 5.02 Å². The van der Waals surface area contributed by atoms with E-state index in [4.69, 9.17) is 11.6 Å². The molecule has 0 fully saturated rings. The molecule has 0 bridgehead atoms. The van der Waals surface area contributed by atoms with Gasteiger partial charge in [0, 0.05) is 24.0 Å². The van der Waals surface area contributed by atoms with Crippen molar-refractivity contribution < 1.29 is 0 Å². The quantitative estimate of drug-likeness (QED) is 0.752. The van der Waals surface area contributed by atoms with Crippen molar-refractivity contribution in [3.05, 3.63) is 29.0 Å². The summed E-state index contributed by atoms with van der Waals surface area (Å²) < 4.78 is 0. The third kappa shape index (κ3) is 3.97. The summed E-state index contributed by atoms with van der Waals surface area (Å²) >= 11 is 6.31. The third-order valence-electron chi connectivity index (χ3n) is 4.90. The van der Waals surface area contributed by atoms with Crippen LogP contribution in [0, 0.1) is 0 Å². The van der Waals surface area contributed by atoms with Crippen molar-refractivity contribution in [1.82, 2.24) is 15.2 Å². The summed E-state index contributed by atoms with van der Waals surface area (Å²) in [6.45, 7) is 11.2. The van der Waals surface area contributed by atoms with Gasteiger partial charge in [0.2, 0.25) is 0 Å². The van der Waals surface area contributed by atoms with E-state index in [2.05, 4.69) is 49.9 Å². The molecule has 0 saturated heterocycles. The zero-order valence-electron chi connectivity index (χ0n) is 14.1. The molecule has 1 N–H and O–H groups in total. The number of hydrogen-bond donors (Lipinski definition) is 1. The fourth-order valence-electron chi connectivity index (χ4n) is 3.61. The van der Waals surface area contributed by atoms with Gasteiger partial charge in [-0.15, -0.1) is 0 Å². The average molecular weight is 312 g/mol. The van der Waals surface area contributed by atoms with Gasteiger partial charge >= 0.3 is 0 Å². The monoisotopic (exact) mass is 311 g/mol. The van der Waals surface area contributed by atoms with E-state index in [0.717, 1.165) is 37.4 Å². The summed E-state index contributed by atoms with van der Waals surface area (Å²) in [6, 6.07) is 2.40. The summed E-state index contributed by atoms with van der Waals surface area (Å²) in [6.07, 6.45) is 6.74. The lowest BCUT2D eigenvalue weighted by atomic mass is 9.79. The molecule has 0 aliphatic carbocycles. The van der Waals surface area contributed by atoms with Gasteiger partial charge in [0.05, 0.1) is 5.02 Å². The van der Waals surface area contributed by atoms with Crippen LogP contribution in [0.1, 0.15) is 46.1 Å². The van der Waals surface area contributed by atoms with Crippen molar-refractivity contribution in [3.63, 3.8) is 0 Å². The van der Waals surface area contributed by atoms with Crippen LogP contribution >= 0.6 is 11.6 Å². The molecule has 0 radical (unpaired) electrons. The fraction of sp³-hybridized carbons (Fsp3) is 0.706. The van der Waals surface area contributed by atoms with Crippen LogP contribution in [0.4, 0.5) is 0 Å². The van der Waals surface area contributed by atoms with Gasteiger partial charge in [-0.1, -0.05) is 39.3 Å². The fourth-order valence-corrected chi connectivity index (χ4v) is 3.81. The molecule has 21 heavy (non-hydrogen) atoms. The van der Waals surface area contributed by atoms with E-state index < -0.39 is 0 Å². The van der Waals surface area contributed by atoms with Crippen LogP contribution < -0.4 is 5.32 Å². The molecule has 0 aliphatic heterocycles. The number of pyridine rings is 1. The van der Waals surface area contributed by atoms with Gasteiger partial charge in [0.25, 0.3) is 0 Å². The molecule has 1 aromatic heterocycles. The Kier molecular flexibility index (Phi) is 7.64. The van der Waals surface area contributed by atoms with Gasteiger partial charge in [-0.2, -0.15) is 0 Å². The Balaban J connectivity index is 3.11. The molecule has 0 aromatic carbocycles. The van der Waals surface area contributed by atoms with E-state index in [1.165, 1.54) is 5.56 Å². The maximum absolute atomic E-state index is 6.31. The van der Waals surface area contributed by atoms with Crippen LogP contribution in [0.15, 0.2) is 18.5 Å². The minimum atomic E-state index is 0.158. The predicted molar refractivity (Wildman–Crippen MR) is 92.0 cm³/mol. The van der Waals surface area contributed by atoms with Crippen LogP contribution in [0.5, 0.6) is 0 Å². The van der Waals surface area contributed by atoms with Crippen molar-refractivity contribution in [2.45, 2.75) is 58.5 Å². The van der Waals surface area contributed by atoms with Crippen LogP contribution in [-0.2, 0) is 6.42 Å². The average Bonchev–Trinajstić information content (AvgIpc) is 2.52. The zero-order chi connectivity index (χ0) is 15.9. The molecule has 1 heterocycles. The Morgan fingerprint density at radius 3 is 2.29 bits per heavy atom. The maximum Gasteiger partial charge on any atom is 0.0621 e. The standard InChI is InChI=1S/C17H30ClN3/c1-6-17(7-2,21(8-3)9-4)16(19-5)12-14-10-11-20-13-15(14)18/h10-11,13,16,19H,6-9,12H2,1-5H3. The van der Waals surface area contributed by atoms with Crippen molar-refractivity contribution in [2.24, 2.45) is 0 Å². The zero-order valence-corrected chi connectivity index (χ0v) is 14.9. The van der Waals surface area contributed by atoms with E-state index in [9.17, 15) is 0 Å². The molecule has 1 unspecified atom stereocenters. The molecule has 0 aliphatic rings. The molecule has 0 spiro atoms. The lowest BCUT2D eigenvalue weighted by molar-refractivity contribution is 0.0519. The molecule has 0 saturated carbocycles. The van der Waals surface area contributed by atoms with Gasteiger partial charge in [0.15, 0.2) is 0 Å². The lowest BCUT2D eigenvalue weighted by Crippen LogP contribution is -2.61. The Labute approximate surface area is 135 Å². The van der Waals surface area contributed by atoms with E-state index in [0.29, 0.717) is 6.04 Å². The van der Waals surface area contributed by atoms with Crippen molar-refractivity contribution in [2.75, 3.05) is 20.1 Å². The molecule has 3 nitrogen and oxygen atoms in total. The SMILES string of the molecule is CCN(CC)C(CC)(CC)C(Cc1ccncc1Cl)NC. The van der Waals surface area contributed by atoms with Crippen LogP contribution in [-0.4, -0.2) is 41.6 Å². The summed E-state index contributed by atoms with van der Waals surface area (Å²) in [5.41, 5.74) is 1.33. The predicted octanol–water partition coefficient (Wildman–Crippen LogP) is 3.77. The van der Waals surface area contributed by atoms with Crippen molar-refractivity contribution in [3.8, 4) is 0 Å². The molecule has 4 heteroatoms. The van der Waals surface area contributed by atoms with Gasteiger partial charge in [-0.3, -0.25) is 9.88 Å². The smallest absolute Gasteiger partial charge is 0.0621 e. The Morgan fingerprint density at radius 1 is 1.24 bits per heavy atom. The van der Waals surface area contributed by atoms with E-state index in [1.807, 2.05) is 12.3 Å². The molecule has 1 rings (SSSR count). The van der Waals surface area contributed by atoms with E-state index in [1.54, 1.807) is 6.20 Å². The number of halogens is 1. The maximum atomic E-state index is 6.31. The summed E-state index contributed by atoms with van der Waals surface area (Å²) in [5, 5.41) is 4.31. The first-order valence-corrected chi connectivity index (χ1v) is 8.47. The van der Waals surface area contributed by atoms with Crippen molar-refractivity contribution in [1.29, 1.82) is 0 Å². The summed E-state index contributed by atoms with van der Waals surface area (Å²) in [4.78, 5) is 6.67. The topological polar surface area (TPSA) is 28.2 Å². The Morgan fingerprint density at radius 2 is 1.86 bits per heavy atom. The number of likely N-dealkylation sites (N-methyl/N-ethyl adjacent to an activating group) is 2. The highest BCUT2D eigenvalue weighted by molar-refractivity contribution is 6.31.